The standard InChI is InChI=1S/C27H26N2O3/c1-18-17-27(2,3)29(24-15-14-20(32-4)16-22(18)24)26(31)21-12-8-9-13-23(21)28-25(30)19-10-6-5-7-11-19/h5-17H,1-4H3,(H,28,30). The smallest absolute Gasteiger partial charge is 0.261 e. The highest BCUT2D eigenvalue weighted by molar-refractivity contribution is 6.15. The molecule has 0 atom stereocenters. The Morgan fingerprint density at radius 2 is 1.62 bits per heavy atom. The van der Waals surface area contributed by atoms with Crippen molar-refractivity contribution in [3.63, 3.8) is 0 Å². The number of para-hydroxylation sites is 1. The Morgan fingerprint density at radius 3 is 2.34 bits per heavy atom. The summed E-state index contributed by atoms with van der Waals surface area (Å²) in [7, 11) is 1.63. The molecule has 0 aliphatic carbocycles. The van der Waals surface area contributed by atoms with Crippen LogP contribution in [0.2, 0.25) is 0 Å². The first-order valence-corrected chi connectivity index (χ1v) is 10.5. The molecule has 3 aromatic carbocycles. The Kier molecular flexibility index (Phi) is 5.57. The van der Waals surface area contributed by atoms with E-state index in [0.29, 0.717) is 16.8 Å². The number of benzene rings is 3. The molecule has 0 saturated heterocycles. The molecular weight excluding hydrogens is 400 g/mol. The molecule has 1 heterocycles. The molecule has 1 aliphatic rings. The molecule has 162 valence electrons. The average molecular weight is 427 g/mol. The predicted molar refractivity (Wildman–Crippen MR) is 128 cm³/mol. The van der Waals surface area contributed by atoms with Crippen LogP contribution in [0.5, 0.6) is 5.75 Å². The van der Waals surface area contributed by atoms with Crippen molar-refractivity contribution < 1.29 is 14.3 Å². The first-order chi connectivity index (χ1) is 15.3. The number of hydrogen-bond donors (Lipinski definition) is 1. The molecule has 4 rings (SSSR count). The fourth-order valence-electron chi connectivity index (χ4n) is 4.19. The van der Waals surface area contributed by atoms with E-state index in [9.17, 15) is 9.59 Å². The predicted octanol–water partition coefficient (Wildman–Crippen LogP) is 5.79. The SMILES string of the molecule is COc1ccc2c(c1)C(C)=CC(C)(C)N2C(=O)c1ccccc1NC(=O)c1ccccc1. The molecule has 1 N–H and O–H groups in total. The second kappa shape index (κ2) is 8.35. The van der Waals surface area contributed by atoms with Crippen LogP contribution in [-0.4, -0.2) is 24.5 Å². The minimum Gasteiger partial charge on any atom is -0.497 e. The average Bonchev–Trinajstić information content (AvgIpc) is 2.79. The third kappa shape index (κ3) is 3.89. The van der Waals surface area contributed by atoms with Gasteiger partial charge < -0.3 is 10.1 Å². The van der Waals surface area contributed by atoms with Gasteiger partial charge >= 0.3 is 0 Å². The van der Waals surface area contributed by atoms with E-state index >= 15 is 0 Å². The quantitative estimate of drug-likeness (QED) is 0.574. The number of carbonyl (C=O) groups excluding carboxylic acids is 2. The van der Waals surface area contributed by atoms with Gasteiger partial charge in [-0.15, -0.1) is 0 Å². The van der Waals surface area contributed by atoms with Gasteiger partial charge in [0.1, 0.15) is 5.75 Å². The van der Waals surface area contributed by atoms with Crippen LogP contribution in [0.1, 0.15) is 47.1 Å². The van der Waals surface area contributed by atoms with Crippen molar-refractivity contribution in [3.05, 3.63) is 95.6 Å². The summed E-state index contributed by atoms with van der Waals surface area (Å²) in [6, 6.07) is 21.8. The molecule has 0 bridgehead atoms. The molecule has 0 fully saturated rings. The number of amides is 2. The van der Waals surface area contributed by atoms with Crippen molar-refractivity contribution in [2.45, 2.75) is 26.3 Å². The topological polar surface area (TPSA) is 58.6 Å². The van der Waals surface area contributed by atoms with E-state index in [0.717, 1.165) is 22.6 Å². The van der Waals surface area contributed by atoms with E-state index in [2.05, 4.69) is 11.4 Å². The van der Waals surface area contributed by atoms with Gasteiger partial charge in [-0.05, 0) is 68.8 Å². The third-order valence-electron chi connectivity index (χ3n) is 5.66. The summed E-state index contributed by atoms with van der Waals surface area (Å²) in [4.78, 5) is 28.4. The van der Waals surface area contributed by atoms with Crippen LogP contribution in [0.25, 0.3) is 5.57 Å². The van der Waals surface area contributed by atoms with Gasteiger partial charge in [-0.25, -0.2) is 0 Å². The van der Waals surface area contributed by atoms with Crippen molar-refractivity contribution in [1.82, 2.24) is 0 Å². The fourth-order valence-corrected chi connectivity index (χ4v) is 4.19. The Hall–Kier alpha value is -3.86. The summed E-state index contributed by atoms with van der Waals surface area (Å²) in [5.74, 6) is 0.290. The van der Waals surface area contributed by atoms with Gasteiger partial charge in [0.05, 0.1) is 29.6 Å². The van der Waals surface area contributed by atoms with Crippen LogP contribution in [0.15, 0.2) is 78.9 Å². The normalized spacial score (nSPS) is 14.2. The molecule has 5 nitrogen and oxygen atoms in total. The summed E-state index contributed by atoms with van der Waals surface area (Å²) >= 11 is 0. The molecule has 0 saturated carbocycles. The summed E-state index contributed by atoms with van der Waals surface area (Å²) < 4.78 is 5.39. The van der Waals surface area contributed by atoms with Crippen molar-refractivity contribution in [3.8, 4) is 5.75 Å². The monoisotopic (exact) mass is 426 g/mol. The number of fused-ring (bicyclic) bond motifs is 1. The Balaban J connectivity index is 1.75. The summed E-state index contributed by atoms with van der Waals surface area (Å²) in [5, 5.41) is 2.90. The van der Waals surface area contributed by atoms with E-state index in [1.807, 2.05) is 63.2 Å². The van der Waals surface area contributed by atoms with Gasteiger partial charge in [-0.3, -0.25) is 14.5 Å². The Bertz CT molecular complexity index is 1210. The molecule has 1 aliphatic heterocycles. The lowest BCUT2D eigenvalue weighted by Gasteiger charge is -2.42. The second-order valence-corrected chi connectivity index (χ2v) is 8.37. The molecule has 2 amide bonds. The van der Waals surface area contributed by atoms with Crippen LogP contribution in [0.3, 0.4) is 0 Å². The third-order valence-corrected chi connectivity index (χ3v) is 5.66. The minimum atomic E-state index is -0.556. The van der Waals surface area contributed by atoms with Gasteiger partial charge in [0, 0.05) is 11.1 Å². The number of allylic oxidation sites excluding steroid dienone is 1. The molecule has 0 spiro atoms. The van der Waals surface area contributed by atoms with Gasteiger partial charge in [0.25, 0.3) is 11.8 Å². The lowest BCUT2D eigenvalue weighted by atomic mass is 9.88. The van der Waals surface area contributed by atoms with E-state index < -0.39 is 5.54 Å². The highest BCUT2D eigenvalue weighted by Crippen LogP contribution is 2.41. The van der Waals surface area contributed by atoms with Gasteiger partial charge in [0.2, 0.25) is 0 Å². The number of methoxy groups -OCH3 is 1. The zero-order valence-corrected chi connectivity index (χ0v) is 18.7. The summed E-state index contributed by atoms with van der Waals surface area (Å²) in [6.45, 7) is 6.05. The number of anilines is 2. The van der Waals surface area contributed by atoms with Crippen LogP contribution in [0.4, 0.5) is 11.4 Å². The molecule has 5 heteroatoms. The maximum absolute atomic E-state index is 13.9. The van der Waals surface area contributed by atoms with Gasteiger partial charge in [-0.1, -0.05) is 36.4 Å². The maximum Gasteiger partial charge on any atom is 0.261 e. The van der Waals surface area contributed by atoms with Crippen LogP contribution in [-0.2, 0) is 0 Å². The molecular formula is C27H26N2O3. The van der Waals surface area contributed by atoms with E-state index in [-0.39, 0.29) is 11.8 Å². The lowest BCUT2D eigenvalue weighted by molar-refractivity contribution is 0.0971. The molecule has 32 heavy (non-hydrogen) atoms. The van der Waals surface area contributed by atoms with E-state index in [1.165, 1.54) is 0 Å². The lowest BCUT2D eigenvalue weighted by Crippen LogP contribution is -2.49. The number of carbonyl (C=O) groups is 2. The second-order valence-electron chi connectivity index (χ2n) is 8.37. The zero-order chi connectivity index (χ0) is 22.9. The van der Waals surface area contributed by atoms with Crippen molar-refractivity contribution >= 4 is 28.8 Å². The van der Waals surface area contributed by atoms with Crippen LogP contribution >= 0.6 is 0 Å². The first-order valence-electron chi connectivity index (χ1n) is 10.5. The van der Waals surface area contributed by atoms with Crippen molar-refractivity contribution in [1.29, 1.82) is 0 Å². The van der Waals surface area contributed by atoms with Crippen LogP contribution < -0.4 is 15.0 Å². The van der Waals surface area contributed by atoms with E-state index in [1.54, 1.807) is 42.3 Å². The molecule has 0 radical (unpaired) electrons. The number of nitrogens with one attached hydrogen (secondary N) is 1. The summed E-state index contributed by atoms with van der Waals surface area (Å²) in [5.41, 5.74) is 3.72. The van der Waals surface area contributed by atoms with Gasteiger partial charge in [0.15, 0.2) is 0 Å². The molecule has 0 unspecified atom stereocenters. The highest BCUT2D eigenvalue weighted by atomic mass is 16.5. The highest BCUT2D eigenvalue weighted by Gasteiger charge is 2.37. The van der Waals surface area contributed by atoms with Gasteiger partial charge in [-0.2, -0.15) is 0 Å². The maximum atomic E-state index is 13.9. The van der Waals surface area contributed by atoms with Crippen LogP contribution in [0, 0.1) is 0 Å². The number of nitrogens with zero attached hydrogens (tertiary/aromatic N) is 1. The largest absolute Gasteiger partial charge is 0.497 e. The fraction of sp³-hybridized carbons (Fsp3) is 0.185. The van der Waals surface area contributed by atoms with Crippen molar-refractivity contribution in [2.75, 3.05) is 17.3 Å². The minimum absolute atomic E-state index is 0.186. The summed E-state index contributed by atoms with van der Waals surface area (Å²) in [6.07, 6.45) is 2.08. The van der Waals surface area contributed by atoms with E-state index in [4.69, 9.17) is 4.74 Å². The first kappa shape index (κ1) is 21.4. The molecule has 0 aromatic heterocycles. The number of rotatable bonds is 4. The van der Waals surface area contributed by atoms with Crippen molar-refractivity contribution in [2.24, 2.45) is 0 Å². The Morgan fingerprint density at radius 1 is 0.938 bits per heavy atom. The Labute approximate surface area is 188 Å². The zero-order valence-electron chi connectivity index (χ0n) is 18.7. The number of hydrogen-bond acceptors (Lipinski definition) is 3. The molecule has 3 aromatic rings. The number of ether oxygens (including phenoxy) is 1.